The molecule has 5 nitrogen and oxygen atoms in total. The van der Waals surface area contributed by atoms with Gasteiger partial charge >= 0.3 is 0 Å². The van der Waals surface area contributed by atoms with Crippen LogP contribution >= 0.6 is 43.5 Å². The average Bonchev–Trinajstić information content (AvgIpc) is 3.43. The monoisotopic (exact) mass is 828 g/mol. The van der Waals surface area contributed by atoms with Crippen LogP contribution in [0.25, 0.3) is 0 Å². The first-order chi connectivity index (χ1) is 11.1. The van der Waals surface area contributed by atoms with Crippen LogP contribution in [-0.4, -0.2) is 27.0 Å². The van der Waals surface area contributed by atoms with Gasteiger partial charge in [-0.2, -0.15) is 0 Å². The maximum Gasteiger partial charge on any atom is 0.231 e. The minimum Gasteiger partial charge on any atom is -0.480 e. The van der Waals surface area contributed by atoms with Crippen molar-refractivity contribution in [1.29, 1.82) is 0 Å². The molecule has 2 heterocycles. The van der Waals surface area contributed by atoms with Crippen molar-refractivity contribution in [2.75, 3.05) is 7.11 Å². The maximum atomic E-state index is 5.79. The van der Waals surface area contributed by atoms with Crippen LogP contribution in [0.15, 0.2) is 21.6 Å². The van der Waals surface area contributed by atoms with Crippen LogP contribution < -0.4 is 4.74 Å². The fourth-order valence-corrected chi connectivity index (χ4v) is 3.51. The van der Waals surface area contributed by atoms with E-state index in [1.807, 2.05) is 0 Å². The van der Waals surface area contributed by atoms with Crippen LogP contribution in [-0.2, 0) is 42.1 Å². The molecule has 0 aromatic carbocycles. The summed E-state index contributed by atoms with van der Waals surface area (Å²) in [6, 6.07) is 0. The third-order valence-corrected chi connectivity index (χ3v) is 5.72. The van der Waals surface area contributed by atoms with Gasteiger partial charge in [-0.15, -0.1) is 0 Å². The van der Waals surface area contributed by atoms with Crippen LogP contribution in [0.4, 0.5) is 0 Å². The molecule has 0 N–H and O–H groups in total. The van der Waals surface area contributed by atoms with Crippen LogP contribution in [0, 0.1) is 0 Å². The quantitative estimate of drug-likeness (QED) is 0.413. The van der Waals surface area contributed by atoms with Crippen molar-refractivity contribution in [2.45, 2.75) is 37.5 Å². The predicted molar refractivity (Wildman–Crippen MR) is 95.0 cm³/mol. The molecule has 2 fully saturated rings. The number of ether oxygens (including phenoxy) is 1. The van der Waals surface area contributed by atoms with E-state index in [1.165, 1.54) is 32.0 Å². The summed E-state index contributed by atoms with van der Waals surface area (Å²) in [6.45, 7) is 0. The average molecular weight is 830 g/mol. The number of halogens is 3. The Morgan fingerprint density at radius 1 is 0.880 bits per heavy atom. The Labute approximate surface area is 197 Å². The maximum absolute atomic E-state index is 5.79. The number of rotatable bonds is 3. The van der Waals surface area contributed by atoms with E-state index in [4.69, 9.17) is 16.3 Å². The predicted octanol–water partition coefficient (Wildman–Crippen LogP) is 4.89. The van der Waals surface area contributed by atoms with E-state index in [0.29, 0.717) is 22.9 Å². The molecule has 25 heavy (non-hydrogen) atoms. The van der Waals surface area contributed by atoms with Crippen LogP contribution in [0.3, 0.4) is 0 Å². The third-order valence-electron chi connectivity index (χ3n) is 3.68. The first kappa shape index (κ1) is 23.6. The Balaban J connectivity index is 0.000000232. The van der Waals surface area contributed by atoms with E-state index < -0.39 is 0 Å². The van der Waals surface area contributed by atoms with Crippen LogP contribution in [0.2, 0.25) is 5.15 Å². The molecular formula is C15H15Br2ClN4OW2. The zero-order chi connectivity index (χ0) is 16.4. The molecule has 2 aromatic rings. The van der Waals surface area contributed by atoms with Crippen molar-refractivity contribution < 1.29 is 46.9 Å². The van der Waals surface area contributed by atoms with Gasteiger partial charge in [0.25, 0.3) is 0 Å². The van der Waals surface area contributed by atoms with Gasteiger partial charge in [-0.05, 0) is 57.5 Å². The molecular weight excluding hydrogens is 815 g/mol. The van der Waals surface area contributed by atoms with E-state index >= 15 is 0 Å². The minimum atomic E-state index is 0. The molecule has 10 heteroatoms. The number of nitrogens with zero attached hydrogens (tertiary/aromatic N) is 4. The molecule has 2 aliphatic rings. The van der Waals surface area contributed by atoms with Gasteiger partial charge in [0, 0.05) is 54.0 Å². The molecule has 2 aromatic heterocycles. The van der Waals surface area contributed by atoms with E-state index in [2.05, 4.69) is 51.8 Å². The molecule has 4 rings (SSSR count). The molecule has 0 amide bonds. The SMILES string of the molecule is COc1ncnc(C2CC2)c1Br.Clc1ncnc(C2CC2)c1Br.[W].[W]. The Hall–Kier alpha value is 0.587. The Kier molecular flexibility index (Phi) is 10.2. The summed E-state index contributed by atoms with van der Waals surface area (Å²) in [5, 5.41) is 0.516. The van der Waals surface area contributed by atoms with Gasteiger partial charge in [-0.3, -0.25) is 0 Å². The summed E-state index contributed by atoms with van der Waals surface area (Å²) in [4.78, 5) is 16.2. The van der Waals surface area contributed by atoms with Crippen molar-refractivity contribution in [1.82, 2.24) is 19.9 Å². The van der Waals surface area contributed by atoms with Gasteiger partial charge in [-0.25, -0.2) is 19.9 Å². The molecule has 0 bridgehead atoms. The number of aromatic nitrogens is 4. The van der Waals surface area contributed by atoms with Crippen molar-refractivity contribution in [3.63, 3.8) is 0 Å². The molecule has 2 saturated carbocycles. The van der Waals surface area contributed by atoms with Crippen molar-refractivity contribution >= 4 is 43.5 Å². The Morgan fingerprint density at radius 3 is 1.84 bits per heavy atom. The molecule has 0 aliphatic heterocycles. The zero-order valence-electron chi connectivity index (χ0n) is 13.3. The van der Waals surface area contributed by atoms with Crippen LogP contribution in [0.1, 0.15) is 48.9 Å². The molecule has 0 spiro atoms. The summed E-state index contributed by atoms with van der Waals surface area (Å²) in [5.41, 5.74) is 2.15. The molecule has 0 atom stereocenters. The fraction of sp³-hybridized carbons (Fsp3) is 0.467. The molecule has 0 unspecified atom stereocenters. The Bertz CT molecular complexity index is 718. The second kappa shape index (κ2) is 10.8. The van der Waals surface area contributed by atoms with Crippen LogP contribution in [0.5, 0.6) is 5.88 Å². The number of hydrogen-bond donors (Lipinski definition) is 0. The smallest absolute Gasteiger partial charge is 0.231 e. The first-order valence-electron chi connectivity index (χ1n) is 7.32. The van der Waals surface area contributed by atoms with E-state index in [1.54, 1.807) is 13.4 Å². The van der Waals surface area contributed by atoms with Crippen molar-refractivity contribution in [2.24, 2.45) is 0 Å². The molecule has 0 saturated heterocycles. The van der Waals surface area contributed by atoms with E-state index in [-0.39, 0.29) is 42.1 Å². The number of methoxy groups -OCH3 is 1. The summed E-state index contributed by atoms with van der Waals surface area (Å²) in [5.74, 6) is 1.87. The summed E-state index contributed by atoms with van der Waals surface area (Å²) in [6.07, 6.45) is 7.99. The van der Waals surface area contributed by atoms with Gasteiger partial charge in [0.2, 0.25) is 5.88 Å². The van der Waals surface area contributed by atoms with Gasteiger partial charge < -0.3 is 4.74 Å². The minimum absolute atomic E-state index is 0. The van der Waals surface area contributed by atoms with Gasteiger partial charge in [0.1, 0.15) is 22.3 Å². The summed E-state index contributed by atoms with van der Waals surface area (Å²) in [7, 11) is 1.61. The largest absolute Gasteiger partial charge is 0.480 e. The fourth-order valence-electron chi connectivity index (χ4n) is 2.15. The number of hydrogen-bond acceptors (Lipinski definition) is 5. The zero-order valence-corrected chi connectivity index (χ0v) is 23.1. The van der Waals surface area contributed by atoms with Gasteiger partial charge in [0.15, 0.2) is 0 Å². The van der Waals surface area contributed by atoms with Crippen molar-refractivity contribution in [3.05, 3.63) is 38.1 Å². The molecule has 2 aliphatic carbocycles. The topological polar surface area (TPSA) is 60.8 Å². The van der Waals surface area contributed by atoms with E-state index in [0.717, 1.165) is 20.3 Å². The Morgan fingerprint density at radius 2 is 1.36 bits per heavy atom. The molecule has 0 radical (unpaired) electrons. The second-order valence-corrected chi connectivity index (χ2v) is 7.44. The summed E-state index contributed by atoms with van der Waals surface area (Å²) < 4.78 is 6.84. The van der Waals surface area contributed by atoms with Crippen molar-refractivity contribution in [3.8, 4) is 5.88 Å². The second-order valence-electron chi connectivity index (χ2n) is 5.49. The van der Waals surface area contributed by atoms with Gasteiger partial charge in [-0.1, -0.05) is 11.6 Å². The van der Waals surface area contributed by atoms with E-state index in [9.17, 15) is 0 Å². The third kappa shape index (κ3) is 6.31. The normalized spacial score (nSPS) is 15.2. The molecule has 134 valence electrons. The summed E-state index contributed by atoms with van der Waals surface area (Å²) >= 11 is 12.6. The first-order valence-corrected chi connectivity index (χ1v) is 9.28. The van der Waals surface area contributed by atoms with Gasteiger partial charge in [0.05, 0.1) is 23.0 Å². The standard InChI is InChI=1S/C8H9BrN2O.C7H6BrClN2.2W/c1-12-8-6(9)7(5-2-3-5)10-4-11-8;8-5-6(4-1-2-4)10-3-11-7(5)9;;/h4-5H,2-3H2,1H3;3-4H,1-2H2;;.